The normalized spacial score (nSPS) is 10.3. The molecule has 0 aromatic carbocycles. The summed E-state index contributed by atoms with van der Waals surface area (Å²) >= 11 is 3.08. The Hall–Kier alpha value is -2.09. The van der Waals surface area contributed by atoms with Crippen LogP contribution in [-0.2, 0) is 0 Å². The molecule has 2 aromatic heterocycles. The maximum atomic E-state index is 13.5. The maximum absolute atomic E-state index is 13.5. The first kappa shape index (κ1) is 12.4. The molecule has 18 heavy (non-hydrogen) atoms. The second kappa shape index (κ2) is 4.65. The average Bonchev–Trinajstić information content (AvgIpc) is 2.33. The van der Waals surface area contributed by atoms with Gasteiger partial charge >= 0.3 is 5.97 Å². The molecule has 0 bridgehead atoms. The number of pyridine rings is 1. The predicted octanol–water partition coefficient (Wildman–Crippen LogP) is 1.23. The summed E-state index contributed by atoms with van der Waals surface area (Å²) in [4.78, 5) is 25.7. The van der Waals surface area contributed by atoms with Gasteiger partial charge in [-0.05, 0) is 28.1 Å². The molecule has 0 saturated carbocycles. The van der Waals surface area contributed by atoms with Crippen LogP contribution in [0.5, 0.6) is 0 Å². The Labute approximate surface area is 108 Å². The number of halogens is 2. The number of aromatic carboxylic acids is 1. The second-order valence-corrected chi connectivity index (χ2v) is 4.15. The summed E-state index contributed by atoms with van der Waals surface area (Å²) in [6, 6.07) is 3.32. The number of nitrogens with zero attached hydrogens (tertiary/aromatic N) is 3. The van der Waals surface area contributed by atoms with Gasteiger partial charge in [-0.2, -0.15) is 14.2 Å². The highest BCUT2D eigenvalue weighted by molar-refractivity contribution is 9.10. The molecule has 0 unspecified atom stereocenters. The van der Waals surface area contributed by atoms with Gasteiger partial charge in [0.1, 0.15) is 5.69 Å². The Kier molecular flexibility index (Phi) is 3.19. The fourth-order valence-electron chi connectivity index (χ4n) is 1.26. The number of carboxylic acid groups (broad SMARTS) is 1. The van der Waals surface area contributed by atoms with E-state index in [0.29, 0.717) is 9.15 Å². The van der Waals surface area contributed by atoms with Crippen LogP contribution in [0.15, 0.2) is 33.7 Å². The van der Waals surface area contributed by atoms with E-state index in [2.05, 4.69) is 26.0 Å². The molecule has 0 saturated heterocycles. The van der Waals surface area contributed by atoms with E-state index in [0.717, 1.165) is 12.1 Å². The molecular formula is C10H5BrFN3O3. The molecule has 92 valence electrons. The highest BCUT2D eigenvalue weighted by Crippen LogP contribution is 2.15. The van der Waals surface area contributed by atoms with Crippen molar-refractivity contribution in [3.05, 3.63) is 50.9 Å². The molecule has 0 fully saturated rings. The van der Waals surface area contributed by atoms with Gasteiger partial charge in [-0.25, -0.2) is 9.78 Å². The number of hydrogen-bond acceptors (Lipinski definition) is 4. The van der Waals surface area contributed by atoms with Crippen molar-refractivity contribution in [3.8, 4) is 5.69 Å². The number of carbonyl (C=O) groups is 1. The van der Waals surface area contributed by atoms with Gasteiger partial charge in [0.05, 0.1) is 0 Å². The third-order valence-electron chi connectivity index (χ3n) is 2.03. The van der Waals surface area contributed by atoms with Crippen LogP contribution < -0.4 is 5.56 Å². The van der Waals surface area contributed by atoms with Gasteiger partial charge < -0.3 is 5.11 Å². The largest absolute Gasteiger partial charge is 0.476 e. The summed E-state index contributed by atoms with van der Waals surface area (Å²) in [5, 5.41) is 12.3. The standard InChI is InChI=1S/C10H5BrFN3O3/c11-5-3-7(9(12)13-4-5)15-8(16)2-1-6(14-15)10(17)18/h1-4H,(H,17,18). The molecule has 2 heterocycles. The first-order valence-corrected chi connectivity index (χ1v) is 5.43. The van der Waals surface area contributed by atoms with Crippen molar-refractivity contribution >= 4 is 21.9 Å². The Bertz CT molecular complexity index is 686. The third kappa shape index (κ3) is 2.28. The quantitative estimate of drug-likeness (QED) is 0.843. The molecule has 2 rings (SSSR count). The first-order chi connectivity index (χ1) is 8.49. The number of hydrogen-bond donors (Lipinski definition) is 1. The summed E-state index contributed by atoms with van der Waals surface area (Å²) in [6.45, 7) is 0. The van der Waals surface area contributed by atoms with Crippen LogP contribution in [0.1, 0.15) is 10.5 Å². The zero-order valence-electron chi connectivity index (χ0n) is 8.67. The average molecular weight is 314 g/mol. The van der Waals surface area contributed by atoms with Crippen LogP contribution in [0.4, 0.5) is 4.39 Å². The van der Waals surface area contributed by atoms with Crippen LogP contribution in [0.3, 0.4) is 0 Å². The Morgan fingerprint density at radius 1 is 1.44 bits per heavy atom. The van der Waals surface area contributed by atoms with E-state index in [-0.39, 0.29) is 11.4 Å². The van der Waals surface area contributed by atoms with Crippen molar-refractivity contribution in [1.29, 1.82) is 0 Å². The number of rotatable bonds is 2. The first-order valence-electron chi connectivity index (χ1n) is 4.64. The SMILES string of the molecule is O=C(O)c1ccc(=O)n(-c2cc(Br)cnc2F)n1. The highest BCUT2D eigenvalue weighted by Gasteiger charge is 2.13. The fraction of sp³-hybridized carbons (Fsp3) is 0. The van der Waals surface area contributed by atoms with Crippen molar-refractivity contribution in [2.45, 2.75) is 0 Å². The lowest BCUT2D eigenvalue weighted by Crippen LogP contribution is -2.23. The smallest absolute Gasteiger partial charge is 0.356 e. The van der Waals surface area contributed by atoms with Gasteiger partial charge in [-0.1, -0.05) is 0 Å². The Morgan fingerprint density at radius 3 is 2.83 bits per heavy atom. The number of aromatic nitrogens is 3. The molecule has 0 aliphatic carbocycles. The lowest BCUT2D eigenvalue weighted by molar-refractivity contribution is 0.0688. The zero-order valence-corrected chi connectivity index (χ0v) is 10.3. The fourth-order valence-corrected chi connectivity index (χ4v) is 1.58. The third-order valence-corrected chi connectivity index (χ3v) is 2.47. The summed E-state index contributed by atoms with van der Waals surface area (Å²) < 4.78 is 14.6. The van der Waals surface area contributed by atoms with E-state index in [9.17, 15) is 14.0 Å². The maximum Gasteiger partial charge on any atom is 0.356 e. The van der Waals surface area contributed by atoms with E-state index < -0.39 is 17.5 Å². The molecule has 0 radical (unpaired) electrons. The Morgan fingerprint density at radius 2 is 2.17 bits per heavy atom. The molecule has 0 spiro atoms. The molecule has 0 aliphatic heterocycles. The van der Waals surface area contributed by atoms with Crippen molar-refractivity contribution < 1.29 is 14.3 Å². The minimum absolute atomic E-state index is 0.225. The molecule has 8 heteroatoms. The molecule has 1 N–H and O–H groups in total. The van der Waals surface area contributed by atoms with Crippen LogP contribution in [0.2, 0.25) is 0 Å². The summed E-state index contributed by atoms with van der Waals surface area (Å²) in [5.41, 5.74) is -1.25. The molecule has 0 amide bonds. The summed E-state index contributed by atoms with van der Waals surface area (Å²) in [7, 11) is 0. The van der Waals surface area contributed by atoms with Crippen molar-refractivity contribution in [2.75, 3.05) is 0 Å². The van der Waals surface area contributed by atoms with Crippen LogP contribution in [0, 0.1) is 5.95 Å². The molecule has 0 aliphatic rings. The van der Waals surface area contributed by atoms with Crippen LogP contribution >= 0.6 is 15.9 Å². The zero-order chi connectivity index (χ0) is 13.3. The van der Waals surface area contributed by atoms with Crippen molar-refractivity contribution in [2.24, 2.45) is 0 Å². The van der Waals surface area contributed by atoms with Gasteiger partial charge in [0.2, 0.25) is 5.95 Å². The topological polar surface area (TPSA) is 85.1 Å². The minimum atomic E-state index is -1.31. The van der Waals surface area contributed by atoms with Crippen LogP contribution in [-0.4, -0.2) is 25.8 Å². The van der Waals surface area contributed by atoms with Gasteiger partial charge in [0.25, 0.3) is 5.56 Å². The monoisotopic (exact) mass is 313 g/mol. The Balaban J connectivity index is 2.70. The van der Waals surface area contributed by atoms with Gasteiger partial charge in [-0.3, -0.25) is 4.79 Å². The van der Waals surface area contributed by atoms with Crippen LogP contribution in [0.25, 0.3) is 5.69 Å². The molecule has 6 nitrogen and oxygen atoms in total. The highest BCUT2D eigenvalue weighted by atomic mass is 79.9. The van der Waals surface area contributed by atoms with E-state index in [1.54, 1.807) is 0 Å². The van der Waals surface area contributed by atoms with E-state index in [4.69, 9.17) is 5.11 Å². The van der Waals surface area contributed by atoms with E-state index >= 15 is 0 Å². The van der Waals surface area contributed by atoms with E-state index in [1.165, 1.54) is 12.3 Å². The van der Waals surface area contributed by atoms with Gasteiger partial charge in [0, 0.05) is 16.7 Å². The van der Waals surface area contributed by atoms with E-state index in [1.807, 2.05) is 0 Å². The predicted molar refractivity (Wildman–Crippen MR) is 62.2 cm³/mol. The van der Waals surface area contributed by atoms with Gasteiger partial charge in [-0.15, -0.1) is 0 Å². The lowest BCUT2D eigenvalue weighted by atomic mass is 10.3. The summed E-state index contributed by atoms with van der Waals surface area (Å²) in [6.07, 6.45) is 1.21. The summed E-state index contributed by atoms with van der Waals surface area (Å²) in [5.74, 6) is -2.23. The minimum Gasteiger partial charge on any atom is -0.476 e. The second-order valence-electron chi connectivity index (χ2n) is 3.24. The van der Waals surface area contributed by atoms with Gasteiger partial charge in [0.15, 0.2) is 5.69 Å². The molecular weight excluding hydrogens is 309 g/mol. The van der Waals surface area contributed by atoms with Crippen molar-refractivity contribution in [3.63, 3.8) is 0 Å². The molecule has 2 aromatic rings. The number of carboxylic acids is 1. The lowest BCUT2D eigenvalue weighted by Gasteiger charge is -2.05. The van der Waals surface area contributed by atoms with Crippen molar-refractivity contribution in [1.82, 2.24) is 14.8 Å². The molecule has 0 atom stereocenters.